The highest BCUT2D eigenvalue weighted by Crippen LogP contribution is 2.30. The van der Waals surface area contributed by atoms with Crippen LogP contribution in [-0.2, 0) is 0 Å². The molecule has 1 saturated heterocycles. The second-order valence-corrected chi connectivity index (χ2v) is 6.67. The van der Waals surface area contributed by atoms with Gasteiger partial charge in [0.05, 0.1) is 0 Å². The molecule has 0 amide bonds. The molecule has 120 valence electrons. The molecule has 0 saturated carbocycles. The Kier molecular flexibility index (Phi) is 7.45. The molecule has 1 unspecified atom stereocenters. The maximum absolute atomic E-state index is 6.23. The molecule has 0 aromatic heterocycles. The van der Waals surface area contributed by atoms with E-state index in [9.17, 15) is 0 Å². The van der Waals surface area contributed by atoms with Gasteiger partial charge in [-0.1, -0.05) is 13.8 Å². The van der Waals surface area contributed by atoms with Gasteiger partial charge >= 0.3 is 0 Å². The quantitative estimate of drug-likeness (QED) is 0.732. The van der Waals surface area contributed by atoms with Gasteiger partial charge in [0, 0.05) is 24.7 Å². The average Bonchev–Trinajstić information content (AvgIpc) is 2.41. The summed E-state index contributed by atoms with van der Waals surface area (Å²) in [5.74, 6) is 0. The molecule has 0 aliphatic carbocycles. The van der Waals surface area contributed by atoms with Crippen LogP contribution in [0.2, 0.25) is 0 Å². The van der Waals surface area contributed by atoms with E-state index in [4.69, 9.17) is 5.73 Å². The molecule has 0 aromatic rings. The zero-order chi connectivity index (χ0) is 15.2. The molecule has 4 heteroatoms. The van der Waals surface area contributed by atoms with Crippen molar-refractivity contribution in [3.8, 4) is 0 Å². The molecule has 1 atom stereocenters. The van der Waals surface area contributed by atoms with Gasteiger partial charge in [0.25, 0.3) is 0 Å². The fraction of sp³-hybridized carbons (Fsp3) is 1.00. The minimum absolute atomic E-state index is 0.217. The lowest BCUT2D eigenvalue weighted by atomic mass is 9.84. The third-order valence-electron chi connectivity index (χ3n) is 4.82. The molecular weight excluding hydrogens is 248 g/mol. The van der Waals surface area contributed by atoms with E-state index in [2.05, 4.69) is 49.6 Å². The Bertz CT molecular complexity index is 259. The average molecular weight is 284 g/mol. The van der Waals surface area contributed by atoms with Crippen molar-refractivity contribution in [2.24, 2.45) is 5.73 Å². The Balaban J connectivity index is 2.71. The Morgan fingerprint density at radius 3 is 2.20 bits per heavy atom. The minimum atomic E-state index is 0.217. The fourth-order valence-corrected chi connectivity index (χ4v) is 3.86. The van der Waals surface area contributed by atoms with E-state index < -0.39 is 0 Å². The maximum Gasteiger partial charge on any atom is 0.0359 e. The van der Waals surface area contributed by atoms with Gasteiger partial charge in [-0.25, -0.2) is 0 Å². The summed E-state index contributed by atoms with van der Waals surface area (Å²) in [7, 11) is 4.31. The smallest absolute Gasteiger partial charge is 0.0359 e. The van der Waals surface area contributed by atoms with Crippen molar-refractivity contribution in [2.45, 2.75) is 51.6 Å². The number of hydrogen-bond donors (Lipinski definition) is 1. The first-order chi connectivity index (χ1) is 9.49. The highest BCUT2D eigenvalue weighted by Gasteiger charge is 2.39. The van der Waals surface area contributed by atoms with Gasteiger partial charge in [0.15, 0.2) is 0 Å². The first-order valence-corrected chi connectivity index (χ1v) is 8.33. The summed E-state index contributed by atoms with van der Waals surface area (Å²) in [6, 6.07) is 0.566. The predicted octanol–water partition coefficient (Wildman–Crippen LogP) is 1.46. The zero-order valence-electron chi connectivity index (χ0n) is 14.4. The highest BCUT2D eigenvalue weighted by molar-refractivity contribution is 4.98. The van der Waals surface area contributed by atoms with Gasteiger partial charge in [0.2, 0.25) is 0 Å². The molecule has 0 aromatic carbocycles. The summed E-state index contributed by atoms with van der Waals surface area (Å²) in [6.07, 6.45) is 3.69. The number of hydrogen-bond acceptors (Lipinski definition) is 4. The molecule has 0 bridgehead atoms. The van der Waals surface area contributed by atoms with Gasteiger partial charge in [-0.2, -0.15) is 0 Å². The maximum atomic E-state index is 6.23. The van der Waals surface area contributed by atoms with Gasteiger partial charge < -0.3 is 15.5 Å². The SMILES string of the molecule is CCCN1CCC(CN)(N(CC)C(C)CN(C)C)CC1. The number of nitrogens with two attached hydrogens (primary N) is 1. The summed E-state index contributed by atoms with van der Waals surface area (Å²) in [6.45, 7) is 13.5. The number of rotatable bonds is 8. The van der Waals surface area contributed by atoms with Crippen LogP contribution in [0, 0.1) is 0 Å². The van der Waals surface area contributed by atoms with Crippen molar-refractivity contribution in [3.63, 3.8) is 0 Å². The normalized spacial score (nSPS) is 21.6. The number of likely N-dealkylation sites (tertiary alicyclic amines) is 1. The molecule has 1 heterocycles. The summed E-state index contributed by atoms with van der Waals surface area (Å²) in [5, 5.41) is 0. The molecule has 2 N–H and O–H groups in total. The van der Waals surface area contributed by atoms with E-state index >= 15 is 0 Å². The summed E-state index contributed by atoms with van der Waals surface area (Å²) in [5.41, 5.74) is 6.45. The van der Waals surface area contributed by atoms with Crippen LogP contribution in [0.4, 0.5) is 0 Å². The lowest BCUT2D eigenvalue weighted by molar-refractivity contribution is -0.00128. The van der Waals surface area contributed by atoms with Crippen molar-refractivity contribution >= 4 is 0 Å². The Morgan fingerprint density at radius 2 is 1.80 bits per heavy atom. The molecule has 20 heavy (non-hydrogen) atoms. The zero-order valence-corrected chi connectivity index (χ0v) is 14.4. The lowest BCUT2D eigenvalue weighted by Crippen LogP contribution is -2.62. The number of nitrogens with zero attached hydrogens (tertiary/aromatic N) is 3. The van der Waals surface area contributed by atoms with Gasteiger partial charge in [-0.3, -0.25) is 4.90 Å². The minimum Gasteiger partial charge on any atom is -0.329 e. The second kappa shape index (κ2) is 8.32. The van der Waals surface area contributed by atoms with Crippen molar-refractivity contribution in [2.75, 3.05) is 53.4 Å². The predicted molar refractivity (Wildman–Crippen MR) is 88.1 cm³/mol. The molecule has 1 rings (SSSR count). The Morgan fingerprint density at radius 1 is 1.20 bits per heavy atom. The topological polar surface area (TPSA) is 35.7 Å². The van der Waals surface area contributed by atoms with Crippen LogP contribution in [0.25, 0.3) is 0 Å². The first kappa shape index (κ1) is 17.9. The molecule has 1 aliphatic rings. The summed E-state index contributed by atoms with van der Waals surface area (Å²) < 4.78 is 0. The van der Waals surface area contributed by atoms with Crippen molar-refractivity contribution < 1.29 is 0 Å². The van der Waals surface area contributed by atoms with Crippen LogP contribution in [0.15, 0.2) is 0 Å². The summed E-state index contributed by atoms with van der Waals surface area (Å²) in [4.78, 5) is 7.54. The van der Waals surface area contributed by atoms with Crippen LogP contribution < -0.4 is 5.73 Å². The monoisotopic (exact) mass is 284 g/mol. The van der Waals surface area contributed by atoms with Crippen molar-refractivity contribution in [3.05, 3.63) is 0 Å². The molecule has 1 fully saturated rings. The van der Waals surface area contributed by atoms with E-state index in [0.29, 0.717) is 6.04 Å². The molecule has 1 aliphatic heterocycles. The van der Waals surface area contributed by atoms with Crippen LogP contribution >= 0.6 is 0 Å². The lowest BCUT2D eigenvalue weighted by Gasteiger charge is -2.51. The fourth-order valence-electron chi connectivity index (χ4n) is 3.86. The third kappa shape index (κ3) is 4.42. The van der Waals surface area contributed by atoms with Gasteiger partial charge in [-0.05, 0) is 66.5 Å². The van der Waals surface area contributed by atoms with E-state index in [1.165, 1.54) is 38.9 Å². The Labute approximate surface area is 126 Å². The molecule has 0 spiro atoms. The van der Waals surface area contributed by atoms with E-state index in [1.54, 1.807) is 0 Å². The number of likely N-dealkylation sites (N-methyl/N-ethyl adjacent to an activating group) is 2. The largest absolute Gasteiger partial charge is 0.329 e. The van der Waals surface area contributed by atoms with Crippen LogP contribution in [0.3, 0.4) is 0 Å². The first-order valence-electron chi connectivity index (χ1n) is 8.33. The highest BCUT2D eigenvalue weighted by atomic mass is 15.3. The molecule has 0 radical (unpaired) electrons. The van der Waals surface area contributed by atoms with Crippen molar-refractivity contribution in [1.29, 1.82) is 0 Å². The van der Waals surface area contributed by atoms with E-state index in [0.717, 1.165) is 19.6 Å². The van der Waals surface area contributed by atoms with Crippen LogP contribution in [-0.4, -0.2) is 79.6 Å². The standard InChI is InChI=1S/C16H36N4/c1-6-10-19-11-8-16(14-17,9-12-19)20(7-2)15(3)13-18(4)5/h15H,6-14,17H2,1-5H3. The van der Waals surface area contributed by atoms with Crippen LogP contribution in [0.1, 0.15) is 40.0 Å². The third-order valence-corrected chi connectivity index (χ3v) is 4.82. The second-order valence-electron chi connectivity index (χ2n) is 6.67. The van der Waals surface area contributed by atoms with Gasteiger partial charge in [-0.15, -0.1) is 0 Å². The van der Waals surface area contributed by atoms with E-state index in [-0.39, 0.29) is 5.54 Å². The number of piperidine rings is 1. The van der Waals surface area contributed by atoms with Gasteiger partial charge in [0.1, 0.15) is 0 Å². The summed E-state index contributed by atoms with van der Waals surface area (Å²) >= 11 is 0. The van der Waals surface area contributed by atoms with E-state index in [1.807, 2.05) is 0 Å². The van der Waals surface area contributed by atoms with Crippen molar-refractivity contribution in [1.82, 2.24) is 14.7 Å². The molecular formula is C16H36N4. The van der Waals surface area contributed by atoms with Crippen LogP contribution in [0.5, 0.6) is 0 Å². The Hall–Kier alpha value is -0.160. The molecule has 4 nitrogen and oxygen atoms in total.